The van der Waals surface area contributed by atoms with Crippen molar-refractivity contribution < 1.29 is 0 Å². The van der Waals surface area contributed by atoms with Gasteiger partial charge in [0.2, 0.25) is 0 Å². The first-order valence-electron chi connectivity index (χ1n) is 11.9. The number of hydrogen-bond acceptors (Lipinski definition) is 0. The van der Waals surface area contributed by atoms with Crippen LogP contribution in [-0.4, -0.2) is 0 Å². The lowest BCUT2D eigenvalue weighted by Gasteiger charge is -2.37. The fourth-order valence-electron chi connectivity index (χ4n) is 6.76. The van der Waals surface area contributed by atoms with Gasteiger partial charge in [-0.2, -0.15) is 0 Å². The minimum absolute atomic E-state index is 0.890. The molecule has 0 aromatic carbocycles. The Morgan fingerprint density at radius 1 is 0.423 bits per heavy atom. The third-order valence-corrected chi connectivity index (χ3v) is 8.29. The highest BCUT2D eigenvalue weighted by molar-refractivity contribution is 5.26. The Morgan fingerprint density at radius 2 is 0.731 bits per heavy atom. The van der Waals surface area contributed by atoms with E-state index in [0.29, 0.717) is 0 Å². The van der Waals surface area contributed by atoms with Crippen LogP contribution in [0.25, 0.3) is 0 Å². The SMILES string of the molecule is CC1CCC(C)C2=C1CCCC2C.CC1CCC(C)C2=C1CCCC2C. The lowest BCUT2D eigenvalue weighted by molar-refractivity contribution is 0.364. The fraction of sp³-hybridized carbons (Fsp3) is 0.846. The Bertz CT molecular complexity index is 486. The molecule has 4 aliphatic carbocycles. The predicted octanol–water partition coefficient (Wildman–Crippen LogP) is 8.34. The summed E-state index contributed by atoms with van der Waals surface area (Å²) in [5, 5.41) is 0. The molecule has 4 aliphatic rings. The van der Waals surface area contributed by atoms with Crippen molar-refractivity contribution in [1.82, 2.24) is 0 Å². The Kier molecular flexibility index (Phi) is 6.73. The molecule has 0 heteroatoms. The zero-order valence-corrected chi connectivity index (χ0v) is 18.5. The highest BCUT2D eigenvalue weighted by Crippen LogP contribution is 2.45. The summed E-state index contributed by atoms with van der Waals surface area (Å²) in [5.41, 5.74) is 7.39. The molecule has 0 saturated heterocycles. The topological polar surface area (TPSA) is 0 Å². The molecule has 0 fully saturated rings. The molecule has 6 atom stereocenters. The molecule has 0 nitrogen and oxygen atoms in total. The quantitative estimate of drug-likeness (QED) is 0.383. The van der Waals surface area contributed by atoms with Crippen molar-refractivity contribution in [2.45, 2.75) is 106 Å². The van der Waals surface area contributed by atoms with E-state index in [0.717, 1.165) is 35.5 Å². The van der Waals surface area contributed by atoms with Gasteiger partial charge in [-0.25, -0.2) is 0 Å². The van der Waals surface area contributed by atoms with Gasteiger partial charge in [0.05, 0.1) is 0 Å². The van der Waals surface area contributed by atoms with Crippen LogP contribution >= 0.6 is 0 Å². The molecule has 0 aromatic rings. The van der Waals surface area contributed by atoms with Crippen molar-refractivity contribution in [3.8, 4) is 0 Å². The van der Waals surface area contributed by atoms with E-state index in [1.54, 1.807) is 0 Å². The number of allylic oxidation sites excluding steroid dienone is 4. The van der Waals surface area contributed by atoms with Gasteiger partial charge in [-0.15, -0.1) is 0 Å². The molecule has 0 N–H and O–H groups in total. The van der Waals surface area contributed by atoms with Crippen LogP contribution in [0.1, 0.15) is 106 Å². The molecule has 0 spiro atoms. The first kappa shape index (κ1) is 20.2. The first-order valence-corrected chi connectivity index (χ1v) is 11.9. The molecule has 0 amide bonds. The molecule has 6 unspecified atom stereocenters. The zero-order valence-electron chi connectivity index (χ0n) is 18.5. The van der Waals surface area contributed by atoms with E-state index >= 15 is 0 Å². The van der Waals surface area contributed by atoms with Crippen LogP contribution in [0.4, 0.5) is 0 Å². The molecule has 0 bridgehead atoms. The van der Waals surface area contributed by atoms with Gasteiger partial charge < -0.3 is 0 Å². The minimum atomic E-state index is 0.890. The Balaban J connectivity index is 0.000000151. The second-order valence-electron chi connectivity index (χ2n) is 10.3. The molecule has 26 heavy (non-hydrogen) atoms. The average Bonchev–Trinajstić information content (AvgIpc) is 2.62. The summed E-state index contributed by atoms with van der Waals surface area (Å²) in [6, 6.07) is 0. The lowest BCUT2D eigenvalue weighted by Crippen LogP contribution is -2.23. The van der Waals surface area contributed by atoms with E-state index in [4.69, 9.17) is 0 Å². The Morgan fingerprint density at radius 3 is 1.08 bits per heavy atom. The van der Waals surface area contributed by atoms with Crippen molar-refractivity contribution in [3.63, 3.8) is 0 Å². The van der Waals surface area contributed by atoms with E-state index < -0.39 is 0 Å². The molecule has 0 saturated carbocycles. The maximum Gasteiger partial charge on any atom is -0.0226 e. The number of rotatable bonds is 0. The van der Waals surface area contributed by atoms with Crippen LogP contribution in [0.15, 0.2) is 22.3 Å². The van der Waals surface area contributed by atoms with Gasteiger partial charge in [0.15, 0.2) is 0 Å². The van der Waals surface area contributed by atoms with Crippen LogP contribution in [0.5, 0.6) is 0 Å². The lowest BCUT2D eigenvalue weighted by atomic mass is 9.68. The summed E-state index contributed by atoms with van der Waals surface area (Å²) in [5.74, 6) is 5.36. The highest BCUT2D eigenvalue weighted by Gasteiger charge is 2.31. The largest absolute Gasteiger partial charge is 0.0676 e. The van der Waals surface area contributed by atoms with Crippen LogP contribution in [-0.2, 0) is 0 Å². The molecular formula is C26H44. The summed E-state index contributed by atoms with van der Waals surface area (Å²) >= 11 is 0. The summed E-state index contributed by atoms with van der Waals surface area (Å²) in [6.45, 7) is 14.6. The maximum absolute atomic E-state index is 2.43. The van der Waals surface area contributed by atoms with Crippen molar-refractivity contribution in [1.29, 1.82) is 0 Å². The van der Waals surface area contributed by atoms with Crippen LogP contribution in [0, 0.1) is 35.5 Å². The predicted molar refractivity (Wildman–Crippen MR) is 115 cm³/mol. The maximum atomic E-state index is 2.43. The third kappa shape index (κ3) is 4.15. The molecule has 0 radical (unpaired) electrons. The Hall–Kier alpha value is -0.520. The van der Waals surface area contributed by atoms with Gasteiger partial charge in [-0.3, -0.25) is 0 Å². The second-order valence-corrected chi connectivity index (χ2v) is 10.3. The number of hydrogen-bond donors (Lipinski definition) is 0. The Labute approximate surface area is 163 Å². The molecule has 0 heterocycles. The molecule has 0 aromatic heterocycles. The van der Waals surface area contributed by atoms with Crippen molar-refractivity contribution >= 4 is 0 Å². The minimum Gasteiger partial charge on any atom is -0.0676 e. The van der Waals surface area contributed by atoms with E-state index in [-0.39, 0.29) is 0 Å². The monoisotopic (exact) mass is 356 g/mol. The van der Waals surface area contributed by atoms with Crippen LogP contribution in [0.3, 0.4) is 0 Å². The van der Waals surface area contributed by atoms with Gasteiger partial charge in [0.1, 0.15) is 0 Å². The zero-order chi connectivity index (χ0) is 18.8. The summed E-state index contributed by atoms with van der Waals surface area (Å²) < 4.78 is 0. The van der Waals surface area contributed by atoms with Crippen LogP contribution in [0.2, 0.25) is 0 Å². The van der Waals surface area contributed by atoms with Crippen molar-refractivity contribution in [2.24, 2.45) is 35.5 Å². The van der Waals surface area contributed by atoms with Gasteiger partial charge >= 0.3 is 0 Å². The van der Waals surface area contributed by atoms with Gasteiger partial charge in [-0.1, -0.05) is 63.8 Å². The fourth-order valence-corrected chi connectivity index (χ4v) is 6.76. The standard InChI is InChI=1S/2C13H22/c2*1-9-7-8-11(3)13-10(2)5-4-6-12(9)13/h2*9-11H,4-8H2,1-3H3. The molecule has 0 aliphatic heterocycles. The molecule has 148 valence electrons. The van der Waals surface area contributed by atoms with Crippen molar-refractivity contribution in [2.75, 3.05) is 0 Å². The second kappa shape index (κ2) is 8.66. The van der Waals surface area contributed by atoms with Gasteiger partial charge in [-0.05, 0) is 99.7 Å². The molecular weight excluding hydrogens is 312 g/mol. The molecule has 4 rings (SSSR count). The smallest absolute Gasteiger partial charge is 0.0226 e. The summed E-state index contributed by atoms with van der Waals surface area (Å²) in [4.78, 5) is 0. The van der Waals surface area contributed by atoms with Crippen LogP contribution < -0.4 is 0 Å². The van der Waals surface area contributed by atoms with Gasteiger partial charge in [0.25, 0.3) is 0 Å². The summed E-state index contributed by atoms with van der Waals surface area (Å²) in [6.07, 6.45) is 14.3. The average molecular weight is 357 g/mol. The van der Waals surface area contributed by atoms with E-state index in [2.05, 4.69) is 41.5 Å². The highest BCUT2D eigenvalue weighted by atomic mass is 14.4. The van der Waals surface area contributed by atoms with Gasteiger partial charge in [0, 0.05) is 0 Å². The van der Waals surface area contributed by atoms with E-state index in [9.17, 15) is 0 Å². The normalized spacial score (nSPS) is 40.4. The van der Waals surface area contributed by atoms with E-state index in [1.165, 1.54) is 64.2 Å². The summed E-state index contributed by atoms with van der Waals surface area (Å²) in [7, 11) is 0. The van der Waals surface area contributed by atoms with E-state index in [1.807, 2.05) is 22.3 Å². The third-order valence-electron chi connectivity index (χ3n) is 8.29. The first-order chi connectivity index (χ1) is 12.4. The van der Waals surface area contributed by atoms with Crippen molar-refractivity contribution in [3.05, 3.63) is 22.3 Å².